The largest absolute Gasteiger partial charge is 0.486 e. The van der Waals surface area contributed by atoms with Crippen LogP contribution in [0.4, 0.5) is 5.95 Å². The molecule has 1 aromatic heterocycles. The fourth-order valence-electron chi connectivity index (χ4n) is 1.90. The number of aromatic nitrogens is 3. The highest BCUT2D eigenvalue weighted by Gasteiger charge is 2.21. The predicted molar refractivity (Wildman–Crippen MR) is 80.9 cm³/mol. The molecule has 8 nitrogen and oxygen atoms in total. The van der Waals surface area contributed by atoms with E-state index in [1.807, 2.05) is 24.3 Å². The Bertz CT molecular complexity index is 663. The number of nitrogens with zero attached hydrogens (tertiary/aromatic N) is 2. The van der Waals surface area contributed by atoms with E-state index in [0.29, 0.717) is 24.1 Å². The number of carbonyl (C=O) groups excluding carboxylic acids is 1. The van der Waals surface area contributed by atoms with Gasteiger partial charge in [-0.2, -0.15) is 4.98 Å². The number of hydrogen-bond donors (Lipinski definition) is 3. The van der Waals surface area contributed by atoms with Crippen LogP contribution in [0, 0.1) is 0 Å². The van der Waals surface area contributed by atoms with E-state index in [2.05, 4.69) is 20.5 Å². The van der Waals surface area contributed by atoms with E-state index < -0.39 is 0 Å². The van der Waals surface area contributed by atoms with Gasteiger partial charge in [0.25, 0.3) is 0 Å². The summed E-state index contributed by atoms with van der Waals surface area (Å²) in [6.07, 6.45) is -0.206. The molecule has 0 unspecified atom stereocenters. The number of thioether (sulfide) groups is 1. The van der Waals surface area contributed by atoms with Crippen molar-refractivity contribution >= 4 is 23.6 Å². The number of anilines is 1. The van der Waals surface area contributed by atoms with Crippen LogP contribution in [0.5, 0.6) is 11.5 Å². The first kappa shape index (κ1) is 14.5. The molecule has 2 aromatic rings. The number of nitrogen functional groups attached to an aromatic ring is 1. The van der Waals surface area contributed by atoms with E-state index in [1.165, 1.54) is 11.8 Å². The summed E-state index contributed by atoms with van der Waals surface area (Å²) in [5.74, 6) is 1.73. The maximum Gasteiger partial charge on any atom is 0.230 e. The lowest BCUT2D eigenvalue weighted by molar-refractivity contribution is -0.119. The molecule has 0 spiro atoms. The first-order chi connectivity index (χ1) is 10.7. The van der Waals surface area contributed by atoms with Crippen molar-refractivity contribution in [1.29, 1.82) is 0 Å². The van der Waals surface area contributed by atoms with E-state index in [-0.39, 0.29) is 23.7 Å². The third kappa shape index (κ3) is 3.61. The zero-order chi connectivity index (χ0) is 15.4. The van der Waals surface area contributed by atoms with Gasteiger partial charge in [-0.05, 0) is 12.1 Å². The molecule has 0 aliphatic carbocycles. The Morgan fingerprint density at radius 2 is 2.27 bits per heavy atom. The molecule has 1 atom stereocenters. The SMILES string of the molecule is Nc1nc(SCC(=O)NC[C@H]2COc3ccccc3O2)n[nH]1. The van der Waals surface area contributed by atoms with Gasteiger partial charge >= 0.3 is 0 Å². The molecule has 0 saturated heterocycles. The molecule has 4 N–H and O–H groups in total. The lowest BCUT2D eigenvalue weighted by Crippen LogP contribution is -2.41. The number of benzene rings is 1. The van der Waals surface area contributed by atoms with Gasteiger partial charge in [0.05, 0.1) is 12.3 Å². The summed E-state index contributed by atoms with van der Waals surface area (Å²) < 4.78 is 11.3. The molecule has 1 aliphatic heterocycles. The fourth-order valence-corrected chi connectivity index (χ4v) is 2.53. The number of nitrogens with two attached hydrogens (primary N) is 1. The van der Waals surface area contributed by atoms with Crippen LogP contribution >= 0.6 is 11.8 Å². The molecule has 2 heterocycles. The van der Waals surface area contributed by atoms with E-state index in [4.69, 9.17) is 15.2 Å². The monoisotopic (exact) mass is 321 g/mol. The predicted octanol–water partition coefficient (Wildman–Crippen LogP) is 0.435. The van der Waals surface area contributed by atoms with Gasteiger partial charge in [-0.15, -0.1) is 5.10 Å². The zero-order valence-electron chi connectivity index (χ0n) is 11.6. The van der Waals surface area contributed by atoms with Gasteiger partial charge in [0.2, 0.25) is 17.0 Å². The Morgan fingerprint density at radius 1 is 1.45 bits per heavy atom. The summed E-state index contributed by atoms with van der Waals surface area (Å²) in [7, 11) is 0. The number of H-pyrrole nitrogens is 1. The molecular formula is C13H15N5O3S. The number of fused-ring (bicyclic) bond motifs is 1. The Morgan fingerprint density at radius 3 is 3.05 bits per heavy atom. The van der Waals surface area contributed by atoms with Crippen LogP contribution in [0.1, 0.15) is 0 Å². The molecule has 1 aliphatic rings. The van der Waals surface area contributed by atoms with Crippen molar-refractivity contribution in [3.63, 3.8) is 0 Å². The molecule has 9 heteroatoms. The third-order valence-corrected chi connectivity index (χ3v) is 3.76. The molecule has 0 radical (unpaired) electrons. The topological polar surface area (TPSA) is 115 Å². The molecule has 3 rings (SSSR count). The van der Waals surface area contributed by atoms with Crippen LogP contribution in [0.3, 0.4) is 0 Å². The number of ether oxygens (including phenoxy) is 2. The number of carbonyl (C=O) groups is 1. The Kier molecular flexibility index (Phi) is 4.33. The summed E-state index contributed by atoms with van der Waals surface area (Å²) in [5.41, 5.74) is 5.41. The van der Waals surface area contributed by atoms with Gasteiger partial charge in [0.15, 0.2) is 11.5 Å². The average Bonchev–Trinajstić information content (AvgIpc) is 2.96. The highest BCUT2D eigenvalue weighted by molar-refractivity contribution is 7.99. The molecule has 1 amide bonds. The molecular weight excluding hydrogens is 306 g/mol. The van der Waals surface area contributed by atoms with Crippen molar-refractivity contribution in [2.75, 3.05) is 24.6 Å². The zero-order valence-corrected chi connectivity index (χ0v) is 12.4. The lowest BCUT2D eigenvalue weighted by atomic mass is 10.2. The molecule has 116 valence electrons. The highest BCUT2D eigenvalue weighted by atomic mass is 32.2. The Balaban J connectivity index is 1.42. The third-order valence-electron chi connectivity index (χ3n) is 2.91. The van der Waals surface area contributed by atoms with Gasteiger partial charge in [-0.3, -0.25) is 4.79 Å². The Hall–Kier alpha value is -2.42. The molecule has 0 fully saturated rings. The maximum absolute atomic E-state index is 11.8. The van der Waals surface area contributed by atoms with E-state index in [0.717, 1.165) is 5.75 Å². The van der Waals surface area contributed by atoms with E-state index in [1.54, 1.807) is 0 Å². The highest BCUT2D eigenvalue weighted by Crippen LogP contribution is 2.30. The summed E-state index contributed by atoms with van der Waals surface area (Å²) in [5, 5.41) is 9.59. The maximum atomic E-state index is 11.8. The van der Waals surface area contributed by atoms with Crippen LogP contribution in [0.2, 0.25) is 0 Å². The van der Waals surface area contributed by atoms with Crippen molar-refractivity contribution in [3.8, 4) is 11.5 Å². The minimum atomic E-state index is -0.206. The smallest absolute Gasteiger partial charge is 0.230 e. The Labute approximate surface area is 130 Å². The number of amides is 1. The van der Waals surface area contributed by atoms with Crippen molar-refractivity contribution in [1.82, 2.24) is 20.5 Å². The van der Waals surface area contributed by atoms with Crippen LogP contribution in [0.25, 0.3) is 0 Å². The second-order valence-electron chi connectivity index (χ2n) is 4.59. The van der Waals surface area contributed by atoms with Gasteiger partial charge in [-0.1, -0.05) is 23.9 Å². The second kappa shape index (κ2) is 6.56. The van der Waals surface area contributed by atoms with Gasteiger partial charge in [-0.25, -0.2) is 5.10 Å². The van der Waals surface area contributed by atoms with Crippen LogP contribution < -0.4 is 20.5 Å². The van der Waals surface area contributed by atoms with Crippen LogP contribution in [-0.2, 0) is 4.79 Å². The minimum absolute atomic E-state index is 0.129. The molecule has 0 saturated carbocycles. The number of hydrogen-bond acceptors (Lipinski definition) is 7. The van der Waals surface area contributed by atoms with Crippen LogP contribution in [-0.4, -0.2) is 46.1 Å². The first-order valence-electron chi connectivity index (χ1n) is 6.66. The molecule has 0 bridgehead atoms. The van der Waals surface area contributed by atoms with Gasteiger partial charge < -0.3 is 20.5 Å². The van der Waals surface area contributed by atoms with Crippen LogP contribution in [0.15, 0.2) is 29.4 Å². The van der Waals surface area contributed by atoms with Crippen molar-refractivity contribution in [3.05, 3.63) is 24.3 Å². The number of para-hydroxylation sites is 2. The summed E-state index contributed by atoms with van der Waals surface area (Å²) in [6.45, 7) is 0.783. The number of aromatic amines is 1. The van der Waals surface area contributed by atoms with Crippen molar-refractivity contribution in [2.24, 2.45) is 0 Å². The first-order valence-corrected chi connectivity index (χ1v) is 7.65. The average molecular weight is 321 g/mol. The normalized spacial score (nSPS) is 16.3. The lowest BCUT2D eigenvalue weighted by Gasteiger charge is -2.26. The number of rotatable bonds is 5. The standard InChI is InChI=1S/C13H15N5O3S/c14-12-16-13(18-17-12)22-7-11(19)15-5-8-6-20-9-3-1-2-4-10(9)21-8/h1-4,8H,5-7H2,(H,15,19)(H3,14,16,17,18)/t8-/m0/s1. The number of nitrogens with one attached hydrogen (secondary N) is 2. The summed E-state index contributed by atoms with van der Waals surface area (Å²) in [4.78, 5) is 15.7. The quantitative estimate of drug-likeness (QED) is 0.684. The van der Waals surface area contributed by atoms with Gasteiger partial charge in [0.1, 0.15) is 12.7 Å². The van der Waals surface area contributed by atoms with Crippen molar-refractivity contribution in [2.45, 2.75) is 11.3 Å². The minimum Gasteiger partial charge on any atom is -0.486 e. The van der Waals surface area contributed by atoms with E-state index in [9.17, 15) is 4.79 Å². The summed E-state index contributed by atoms with van der Waals surface area (Å²) >= 11 is 1.21. The second-order valence-corrected chi connectivity index (χ2v) is 5.54. The summed E-state index contributed by atoms with van der Waals surface area (Å²) in [6, 6.07) is 7.45. The van der Waals surface area contributed by atoms with Gasteiger partial charge in [0, 0.05) is 0 Å². The van der Waals surface area contributed by atoms with E-state index >= 15 is 0 Å². The molecule has 1 aromatic carbocycles. The molecule has 22 heavy (non-hydrogen) atoms. The fraction of sp³-hybridized carbons (Fsp3) is 0.308. The van der Waals surface area contributed by atoms with Crippen molar-refractivity contribution < 1.29 is 14.3 Å².